The number of anilines is 2. The van der Waals surface area contributed by atoms with E-state index in [-0.39, 0.29) is 41.5 Å². The van der Waals surface area contributed by atoms with Crippen molar-refractivity contribution in [3.05, 3.63) is 74.7 Å². The first-order chi connectivity index (χ1) is 14.0. The lowest BCUT2D eigenvalue weighted by Gasteiger charge is -2.12. The van der Waals surface area contributed by atoms with Gasteiger partial charge in [-0.2, -0.15) is 0 Å². The van der Waals surface area contributed by atoms with Crippen molar-refractivity contribution in [1.82, 2.24) is 4.98 Å². The lowest BCUT2D eigenvalue weighted by atomic mass is 10.4. The lowest BCUT2D eigenvalue weighted by Crippen LogP contribution is -2.17. The Morgan fingerprint density at radius 2 is 1.03 bits per heavy atom. The number of pyridine rings is 1. The summed E-state index contributed by atoms with van der Waals surface area (Å²) >= 11 is 23.6. The molecule has 0 aliphatic heterocycles. The van der Waals surface area contributed by atoms with Gasteiger partial charge in [-0.3, -0.25) is 9.44 Å². The zero-order valence-corrected chi connectivity index (χ0v) is 19.3. The van der Waals surface area contributed by atoms with E-state index in [9.17, 15) is 16.8 Å². The molecule has 0 unspecified atom stereocenters. The highest BCUT2D eigenvalue weighted by Gasteiger charge is 2.21. The second-order valence-electron chi connectivity index (χ2n) is 5.77. The van der Waals surface area contributed by atoms with Gasteiger partial charge in [-0.15, -0.1) is 0 Å². The van der Waals surface area contributed by atoms with Crippen LogP contribution in [0, 0.1) is 0 Å². The highest BCUT2D eigenvalue weighted by Crippen LogP contribution is 2.28. The van der Waals surface area contributed by atoms with Gasteiger partial charge < -0.3 is 0 Å². The third-order valence-electron chi connectivity index (χ3n) is 3.59. The minimum absolute atomic E-state index is 0.0423. The lowest BCUT2D eigenvalue weighted by molar-refractivity contribution is 0.599. The largest absolute Gasteiger partial charge is 0.264 e. The highest BCUT2D eigenvalue weighted by atomic mass is 35.5. The van der Waals surface area contributed by atoms with E-state index in [1.54, 1.807) is 0 Å². The van der Waals surface area contributed by atoms with Crippen LogP contribution in [0.5, 0.6) is 0 Å². The average Bonchev–Trinajstić information content (AvgIpc) is 2.65. The molecule has 7 nitrogen and oxygen atoms in total. The van der Waals surface area contributed by atoms with Crippen molar-refractivity contribution in [1.29, 1.82) is 0 Å². The minimum Gasteiger partial charge on any atom is -0.263 e. The second-order valence-corrected chi connectivity index (χ2v) is 10.8. The average molecular weight is 527 g/mol. The Morgan fingerprint density at radius 3 is 1.43 bits per heavy atom. The van der Waals surface area contributed by atoms with Gasteiger partial charge in [0.15, 0.2) is 0 Å². The van der Waals surface area contributed by atoms with Crippen LogP contribution in [0.15, 0.2) is 64.4 Å². The fraction of sp³-hybridized carbons (Fsp3) is 0. The molecule has 0 amide bonds. The molecule has 1 heterocycles. The van der Waals surface area contributed by atoms with Gasteiger partial charge in [0.1, 0.15) is 21.4 Å². The van der Waals surface area contributed by atoms with E-state index in [2.05, 4.69) is 14.4 Å². The molecule has 3 aromatic rings. The fourth-order valence-electron chi connectivity index (χ4n) is 2.30. The summed E-state index contributed by atoms with van der Waals surface area (Å²) in [7, 11) is -8.27. The molecule has 0 aliphatic carbocycles. The van der Waals surface area contributed by atoms with Crippen LogP contribution in [0.2, 0.25) is 20.1 Å². The first-order valence-electron chi connectivity index (χ1n) is 7.91. The maximum Gasteiger partial charge on any atom is 0.264 e. The van der Waals surface area contributed by atoms with E-state index < -0.39 is 20.0 Å². The molecule has 30 heavy (non-hydrogen) atoms. The molecule has 13 heteroatoms. The summed E-state index contributed by atoms with van der Waals surface area (Å²) < 4.78 is 54.9. The summed E-state index contributed by atoms with van der Waals surface area (Å²) in [6, 6.07) is 12.0. The first kappa shape index (κ1) is 22.9. The summed E-state index contributed by atoms with van der Waals surface area (Å²) in [6.07, 6.45) is 0. The number of aromatic nitrogens is 1. The number of sulfonamides is 2. The summed E-state index contributed by atoms with van der Waals surface area (Å²) in [6.45, 7) is 0. The molecular formula is C17H11Cl4N3O4S2. The molecule has 0 bridgehead atoms. The molecule has 158 valence electrons. The van der Waals surface area contributed by atoms with Crippen molar-refractivity contribution >= 4 is 78.1 Å². The van der Waals surface area contributed by atoms with Gasteiger partial charge >= 0.3 is 0 Å². The summed E-state index contributed by atoms with van der Waals surface area (Å²) in [5.74, 6) is -0.299. The molecule has 3 rings (SSSR count). The molecule has 2 aromatic carbocycles. The van der Waals surface area contributed by atoms with E-state index in [0.717, 1.165) is 0 Å². The summed E-state index contributed by atoms with van der Waals surface area (Å²) in [5.41, 5.74) is 0. The number of nitrogens with one attached hydrogen (secondary N) is 2. The van der Waals surface area contributed by atoms with Gasteiger partial charge in [-0.05, 0) is 48.5 Å². The number of nitrogens with zero attached hydrogens (tertiary/aromatic N) is 1. The quantitative estimate of drug-likeness (QED) is 0.453. The van der Waals surface area contributed by atoms with Gasteiger partial charge in [0.2, 0.25) is 0 Å². The Labute approximate surface area is 193 Å². The molecular weight excluding hydrogens is 516 g/mol. The Morgan fingerprint density at radius 1 is 0.633 bits per heavy atom. The molecule has 0 saturated carbocycles. The van der Waals surface area contributed by atoms with Crippen LogP contribution in [0.25, 0.3) is 0 Å². The summed E-state index contributed by atoms with van der Waals surface area (Å²) in [4.78, 5) is 3.46. The van der Waals surface area contributed by atoms with Crippen LogP contribution in [-0.4, -0.2) is 21.8 Å². The molecule has 1 aromatic heterocycles. The Bertz CT molecular complexity index is 1230. The van der Waals surface area contributed by atoms with Gasteiger partial charge in [0.25, 0.3) is 20.0 Å². The molecule has 0 aliphatic rings. The zero-order valence-electron chi connectivity index (χ0n) is 14.6. The van der Waals surface area contributed by atoms with Crippen LogP contribution < -0.4 is 9.44 Å². The predicted octanol–water partition coefficient (Wildman–Crippen LogP) is 5.30. The van der Waals surface area contributed by atoms with Gasteiger partial charge in [-0.1, -0.05) is 52.5 Å². The normalized spacial score (nSPS) is 11.9. The van der Waals surface area contributed by atoms with Crippen LogP contribution in [0.3, 0.4) is 0 Å². The van der Waals surface area contributed by atoms with Crippen LogP contribution in [0.1, 0.15) is 0 Å². The SMILES string of the molecule is O=S(=O)(Nc1cccc(NS(=O)(=O)c2cc(Cl)ccc2Cl)n1)c1cc(Cl)ccc1Cl. The van der Waals surface area contributed by atoms with E-state index in [1.807, 2.05) is 0 Å². The molecule has 0 fully saturated rings. The third kappa shape index (κ3) is 5.29. The fourth-order valence-corrected chi connectivity index (χ4v) is 5.83. The van der Waals surface area contributed by atoms with E-state index in [1.165, 1.54) is 54.6 Å². The molecule has 0 saturated heterocycles. The molecule has 0 atom stereocenters. The van der Waals surface area contributed by atoms with Crippen LogP contribution in [-0.2, 0) is 20.0 Å². The number of rotatable bonds is 6. The van der Waals surface area contributed by atoms with E-state index in [0.29, 0.717) is 0 Å². The number of hydrogen-bond acceptors (Lipinski definition) is 5. The molecule has 0 radical (unpaired) electrons. The zero-order chi connectivity index (χ0) is 22.1. The predicted molar refractivity (Wildman–Crippen MR) is 119 cm³/mol. The Kier molecular flexibility index (Phi) is 6.71. The smallest absolute Gasteiger partial charge is 0.263 e. The van der Waals surface area contributed by atoms with Crippen LogP contribution in [0.4, 0.5) is 11.6 Å². The minimum atomic E-state index is -4.14. The number of hydrogen-bond donors (Lipinski definition) is 2. The second kappa shape index (κ2) is 8.78. The van der Waals surface area contributed by atoms with E-state index in [4.69, 9.17) is 46.4 Å². The van der Waals surface area contributed by atoms with Crippen molar-refractivity contribution in [2.24, 2.45) is 0 Å². The summed E-state index contributed by atoms with van der Waals surface area (Å²) in [5, 5.41) is 0.263. The maximum absolute atomic E-state index is 12.6. The maximum atomic E-state index is 12.6. The number of halogens is 4. The van der Waals surface area contributed by atoms with Crippen molar-refractivity contribution < 1.29 is 16.8 Å². The van der Waals surface area contributed by atoms with Gasteiger partial charge in [0.05, 0.1) is 10.0 Å². The van der Waals surface area contributed by atoms with Crippen molar-refractivity contribution in [2.45, 2.75) is 9.79 Å². The van der Waals surface area contributed by atoms with Crippen LogP contribution >= 0.6 is 46.4 Å². The van der Waals surface area contributed by atoms with Gasteiger partial charge in [0, 0.05) is 10.0 Å². The topological polar surface area (TPSA) is 105 Å². The first-order valence-corrected chi connectivity index (χ1v) is 12.4. The highest BCUT2D eigenvalue weighted by molar-refractivity contribution is 7.93. The molecule has 0 spiro atoms. The third-order valence-corrected chi connectivity index (χ3v) is 7.74. The molecule has 2 N–H and O–H groups in total. The van der Waals surface area contributed by atoms with E-state index >= 15 is 0 Å². The Hall–Kier alpha value is -1.75. The monoisotopic (exact) mass is 525 g/mol. The number of benzene rings is 2. The van der Waals surface area contributed by atoms with Gasteiger partial charge in [-0.25, -0.2) is 21.8 Å². The van der Waals surface area contributed by atoms with Crippen molar-refractivity contribution in [2.75, 3.05) is 9.44 Å². The Balaban J connectivity index is 1.90. The standard InChI is InChI=1S/C17H11Cl4N3O4S2/c18-10-4-6-12(20)14(8-10)29(25,26)23-16-2-1-3-17(22-16)24-30(27,28)15-9-11(19)5-7-13(15)21/h1-9H,(H2,22,23,24). The van der Waals surface area contributed by atoms with Crippen molar-refractivity contribution in [3.8, 4) is 0 Å². The van der Waals surface area contributed by atoms with Crippen molar-refractivity contribution in [3.63, 3.8) is 0 Å².